The van der Waals surface area contributed by atoms with Gasteiger partial charge in [0.25, 0.3) is 0 Å². The van der Waals surface area contributed by atoms with Gasteiger partial charge in [-0.3, -0.25) is 0 Å². The highest BCUT2D eigenvalue weighted by Crippen LogP contribution is 2.41. The highest BCUT2D eigenvalue weighted by Gasteiger charge is 2.36. The van der Waals surface area contributed by atoms with E-state index in [-0.39, 0.29) is 0 Å². The third-order valence-electron chi connectivity index (χ3n) is 5.98. The lowest BCUT2D eigenvalue weighted by atomic mass is 9.78. The highest BCUT2D eigenvalue weighted by molar-refractivity contribution is 5.75. The second-order valence-corrected chi connectivity index (χ2v) is 8.70. The number of imidazole rings is 1. The first-order chi connectivity index (χ1) is 15.7. The van der Waals surface area contributed by atoms with Crippen LogP contribution in [0.15, 0.2) is 73.4 Å². The molecule has 4 aromatic rings. The lowest BCUT2D eigenvalue weighted by Crippen LogP contribution is -2.45. The summed E-state index contributed by atoms with van der Waals surface area (Å²) in [6.07, 6.45) is 7.39. The molecule has 2 aromatic carbocycles. The number of anilines is 2. The van der Waals surface area contributed by atoms with Crippen LogP contribution in [0.5, 0.6) is 5.75 Å². The molecule has 7 heteroatoms. The molecule has 5 rings (SSSR count). The van der Waals surface area contributed by atoms with Gasteiger partial charge in [-0.05, 0) is 50.6 Å². The molecular weight excluding hydrogens is 400 g/mol. The summed E-state index contributed by atoms with van der Waals surface area (Å²) in [6, 6.07) is 18.9. The number of aromatic nitrogens is 4. The fraction of sp³-hybridized carbons (Fsp3) is 0.320. The summed E-state index contributed by atoms with van der Waals surface area (Å²) in [5, 5.41) is 4.30. The molecule has 7 nitrogen and oxygen atoms in total. The van der Waals surface area contributed by atoms with Crippen LogP contribution in [0.1, 0.15) is 18.4 Å². The van der Waals surface area contributed by atoms with E-state index in [4.69, 9.17) is 4.74 Å². The molecule has 1 aliphatic rings. The van der Waals surface area contributed by atoms with Crippen molar-refractivity contribution in [3.05, 3.63) is 79.0 Å². The Balaban J connectivity index is 1.44. The van der Waals surface area contributed by atoms with Gasteiger partial charge in [-0.1, -0.05) is 36.4 Å². The predicted molar refractivity (Wildman–Crippen MR) is 125 cm³/mol. The van der Waals surface area contributed by atoms with Crippen LogP contribution >= 0.6 is 0 Å². The quantitative estimate of drug-likeness (QED) is 0.420. The number of rotatable bonds is 8. The van der Waals surface area contributed by atoms with Crippen LogP contribution in [0.4, 0.5) is 11.5 Å². The van der Waals surface area contributed by atoms with Gasteiger partial charge in [0.15, 0.2) is 5.82 Å². The highest BCUT2D eigenvalue weighted by atomic mass is 16.5. The lowest BCUT2D eigenvalue weighted by Gasteiger charge is -2.44. The van der Waals surface area contributed by atoms with Crippen molar-refractivity contribution < 1.29 is 4.74 Å². The van der Waals surface area contributed by atoms with Gasteiger partial charge in [-0.25, -0.2) is 14.5 Å². The monoisotopic (exact) mass is 428 g/mol. The van der Waals surface area contributed by atoms with Crippen LogP contribution in [0.25, 0.3) is 5.52 Å². The average molecular weight is 429 g/mol. The van der Waals surface area contributed by atoms with E-state index in [2.05, 4.69) is 63.2 Å². The van der Waals surface area contributed by atoms with Crippen LogP contribution in [0.3, 0.4) is 0 Å². The number of ether oxygens (including phenoxy) is 1. The van der Waals surface area contributed by atoms with E-state index >= 15 is 0 Å². The fourth-order valence-electron chi connectivity index (χ4n) is 4.48. The SMILES string of the molecule is CN(C)CC1CC(N(c2cccc(OCc3ccccc3)c2)c2ncnn3cncc23)C1. The molecule has 0 aliphatic heterocycles. The Hall–Kier alpha value is -3.45. The van der Waals surface area contributed by atoms with E-state index in [0.29, 0.717) is 18.6 Å². The molecule has 1 aliphatic carbocycles. The van der Waals surface area contributed by atoms with Gasteiger partial charge in [0, 0.05) is 24.3 Å². The van der Waals surface area contributed by atoms with Crippen LogP contribution in [-0.4, -0.2) is 51.2 Å². The maximum atomic E-state index is 6.11. The van der Waals surface area contributed by atoms with Gasteiger partial charge in [0.05, 0.1) is 6.20 Å². The zero-order valence-corrected chi connectivity index (χ0v) is 18.5. The Morgan fingerprint density at radius 3 is 2.72 bits per heavy atom. The molecule has 0 unspecified atom stereocenters. The standard InChI is InChI=1S/C25H28N6O/c1-29(2)15-20-11-22(12-20)31(25-24-14-26-18-30(24)28-17-27-25)21-9-6-10-23(13-21)32-16-19-7-4-3-5-8-19/h3-10,13-14,17-18,20,22H,11-12,15-16H2,1-2H3. The molecule has 0 N–H and O–H groups in total. The first kappa shape index (κ1) is 20.5. The average Bonchev–Trinajstić information content (AvgIpc) is 3.27. The van der Waals surface area contributed by atoms with Crippen LogP contribution in [-0.2, 0) is 6.61 Å². The maximum absolute atomic E-state index is 6.11. The van der Waals surface area contributed by atoms with Crippen LogP contribution in [0.2, 0.25) is 0 Å². The summed E-state index contributed by atoms with van der Waals surface area (Å²) in [5.74, 6) is 2.42. The Kier molecular flexibility index (Phi) is 5.73. The summed E-state index contributed by atoms with van der Waals surface area (Å²) in [7, 11) is 4.28. The number of hydrogen-bond acceptors (Lipinski definition) is 6. The van der Waals surface area contributed by atoms with Crippen molar-refractivity contribution in [1.29, 1.82) is 0 Å². The lowest BCUT2D eigenvalue weighted by molar-refractivity contribution is 0.200. The molecule has 1 fully saturated rings. The first-order valence-electron chi connectivity index (χ1n) is 11.0. The van der Waals surface area contributed by atoms with E-state index < -0.39 is 0 Å². The van der Waals surface area contributed by atoms with Gasteiger partial charge in [-0.15, -0.1) is 0 Å². The van der Waals surface area contributed by atoms with Gasteiger partial charge < -0.3 is 14.5 Å². The number of fused-ring (bicyclic) bond motifs is 1. The summed E-state index contributed by atoms with van der Waals surface area (Å²) >= 11 is 0. The molecule has 0 saturated heterocycles. The molecule has 164 valence electrons. The van der Waals surface area contributed by atoms with Gasteiger partial charge in [0.1, 0.15) is 30.5 Å². The Labute approximate surface area is 188 Å². The minimum Gasteiger partial charge on any atom is -0.489 e. The summed E-state index contributed by atoms with van der Waals surface area (Å²) in [4.78, 5) is 13.5. The first-order valence-corrected chi connectivity index (χ1v) is 11.0. The Morgan fingerprint density at radius 2 is 1.91 bits per heavy atom. The second-order valence-electron chi connectivity index (χ2n) is 8.70. The van der Waals surface area contributed by atoms with Crippen LogP contribution in [0, 0.1) is 5.92 Å². The summed E-state index contributed by atoms with van der Waals surface area (Å²) in [6.45, 7) is 1.65. The van der Waals surface area contributed by atoms with Crippen LogP contribution < -0.4 is 9.64 Å². The molecule has 0 atom stereocenters. The third kappa shape index (κ3) is 4.29. The minimum atomic E-state index is 0.373. The molecule has 1 saturated carbocycles. The van der Waals surface area contributed by atoms with Gasteiger partial charge in [0.2, 0.25) is 0 Å². The fourth-order valence-corrected chi connectivity index (χ4v) is 4.48. The summed E-state index contributed by atoms with van der Waals surface area (Å²) < 4.78 is 7.89. The van der Waals surface area contributed by atoms with E-state index in [0.717, 1.165) is 47.7 Å². The molecule has 0 spiro atoms. The number of hydrogen-bond donors (Lipinski definition) is 0. The molecular formula is C25H28N6O. The van der Waals surface area contributed by atoms with Crippen molar-refractivity contribution in [1.82, 2.24) is 24.5 Å². The zero-order valence-electron chi connectivity index (χ0n) is 18.5. The Bertz CT molecular complexity index is 1170. The molecule has 0 bridgehead atoms. The normalized spacial score (nSPS) is 18.0. The predicted octanol–water partition coefficient (Wildman–Crippen LogP) is 4.18. The van der Waals surface area contributed by atoms with E-state index in [1.807, 2.05) is 36.5 Å². The van der Waals surface area contributed by atoms with E-state index in [9.17, 15) is 0 Å². The second kappa shape index (κ2) is 8.96. The van der Waals surface area contributed by atoms with Crippen molar-refractivity contribution in [3.63, 3.8) is 0 Å². The molecule has 2 heterocycles. The largest absolute Gasteiger partial charge is 0.489 e. The smallest absolute Gasteiger partial charge is 0.162 e. The number of nitrogens with zero attached hydrogens (tertiary/aromatic N) is 6. The molecule has 0 radical (unpaired) electrons. The third-order valence-corrected chi connectivity index (χ3v) is 5.98. The Morgan fingerprint density at radius 1 is 1.06 bits per heavy atom. The van der Waals surface area contributed by atoms with Crippen molar-refractivity contribution in [2.75, 3.05) is 25.5 Å². The van der Waals surface area contributed by atoms with E-state index in [1.54, 1.807) is 17.2 Å². The summed E-state index contributed by atoms with van der Waals surface area (Å²) in [5.41, 5.74) is 3.13. The topological polar surface area (TPSA) is 58.8 Å². The molecule has 0 amide bonds. The van der Waals surface area contributed by atoms with Crippen molar-refractivity contribution in [2.45, 2.75) is 25.5 Å². The van der Waals surface area contributed by atoms with Crippen molar-refractivity contribution in [2.24, 2.45) is 5.92 Å². The molecule has 2 aromatic heterocycles. The van der Waals surface area contributed by atoms with Gasteiger partial charge >= 0.3 is 0 Å². The van der Waals surface area contributed by atoms with E-state index in [1.165, 1.54) is 0 Å². The van der Waals surface area contributed by atoms with Crippen molar-refractivity contribution >= 4 is 17.0 Å². The maximum Gasteiger partial charge on any atom is 0.162 e. The van der Waals surface area contributed by atoms with Crippen molar-refractivity contribution in [3.8, 4) is 5.75 Å². The molecule has 32 heavy (non-hydrogen) atoms. The number of benzene rings is 2. The minimum absolute atomic E-state index is 0.373. The van der Waals surface area contributed by atoms with Gasteiger partial charge in [-0.2, -0.15) is 5.10 Å². The zero-order chi connectivity index (χ0) is 21.9.